The Bertz CT molecular complexity index is 391. The molecule has 3 amide bonds. The van der Waals surface area contributed by atoms with Gasteiger partial charge in [0.05, 0.1) is 0 Å². The molecule has 6 nitrogen and oxygen atoms in total. The fourth-order valence-electron chi connectivity index (χ4n) is 3.20. The molecule has 2 atom stereocenters. The van der Waals surface area contributed by atoms with E-state index in [1.807, 2.05) is 9.80 Å². The van der Waals surface area contributed by atoms with Crippen LogP contribution in [0.2, 0.25) is 0 Å². The van der Waals surface area contributed by atoms with E-state index in [1.54, 1.807) is 19.0 Å². The summed E-state index contributed by atoms with van der Waals surface area (Å²) in [6.07, 6.45) is 1.56. The first-order valence-corrected chi connectivity index (χ1v) is 7.92. The van der Waals surface area contributed by atoms with Crippen LogP contribution in [0.25, 0.3) is 0 Å². The molecule has 2 aliphatic heterocycles. The summed E-state index contributed by atoms with van der Waals surface area (Å²) in [4.78, 5) is 30.1. The number of carbonyl (C=O) groups excluding carboxylic acids is 2. The second-order valence-electron chi connectivity index (χ2n) is 6.45. The summed E-state index contributed by atoms with van der Waals surface area (Å²) in [6, 6.07) is 0.635. The predicted octanol–water partition coefficient (Wildman–Crippen LogP) is 0.589. The van der Waals surface area contributed by atoms with Crippen LogP contribution >= 0.6 is 0 Å². The van der Waals surface area contributed by atoms with Crippen molar-refractivity contribution < 1.29 is 9.59 Å². The molecule has 2 heterocycles. The van der Waals surface area contributed by atoms with E-state index < -0.39 is 0 Å². The average molecular weight is 296 g/mol. The molecule has 6 heteroatoms. The quantitative estimate of drug-likeness (QED) is 0.770. The number of carbonyl (C=O) groups is 2. The first-order valence-electron chi connectivity index (χ1n) is 7.92. The summed E-state index contributed by atoms with van der Waals surface area (Å²) in [5.41, 5.74) is 0. The summed E-state index contributed by atoms with van der Waals surface area (Å²) in [7, 11) is 3.53. The fourth-order valence-corrected chi connectivity index (χ4v) is 3.20. The number of likely N-dealkylation sites (tertiary alicyclic amines) is 1. The number of piperazine rings is 1. The van der Waals surface area contributed by atoms with E-state index >= 15 is 0 Å². The number of hydrogen-bond acceptors (Lipinski definition) is 3. The van der Waals surface area contributed by atoms with Crippen LogP contribution in [0.15, 0.2) is 0 Å². The van der Waals surface area contributed by atoms with Crippen molar-refractivity contribution in [3.05, 3.63) is 0 Å². The lowest BCUT2D eigenvalue weighted by Crippen LogP contribution is -2.59. The van der Waals surface area contributed by atoms with Crippen molar-refractivity contribution in [3.63, 3.8) is 0 Å². The first-order chi connectivity index (χ1) is 9.91. The van der Waals surface area contributed by atoms with Crippen LogP contribution in [0.3, 0.4) is 0 Å². The van der Waals surface area contributed by atoms with Crippen molar-refractivity contribution in [2.45, 2.75) is 38.8 Å². The summed E-state index contributed by atoms with van der Waals surface area (Å²) >= 11 is 0. The normalized spacial score (nSPS) is 27.6. The van der Waals surface area contributed by atoms with Gasteiger partial charge in [-0.05, 0) is 26.7 Å². The summed E-state index contributed by atoms with van der Waals surface area (Å²) in [6.45, 7) is 7.27. The van der Waals surface area contributed by atoms with Crippen molar-refractivity contribution in [2.75, 3.05) is 40.3 Å². The molecule has 2 saturated heterocycles. The van der Waals surface area contributed by atoms with Crippen LogP contribution in [0.5, 0.6) is 0 Å². The maximum Gasteiger partial charge on any atom is 0.319 e. The number of nitrogens with zero attached hydrogens (tertiary/aromatic N) is 3. The van der Waals surface area contributed by atoms with Crippen molar-refractivity contribution in [1.29, 1.82) is 0 Å². The standard InChI is InChI=1S/C15H28N4O2/c1-11-12(2)19(10-7-16-11)14(20)13-5-8-18(9-6-13)15(21)17(3)4/h11-13,16H,5-10H2,1-4H3. The van der Waals surface area contributed by atoms with Crippen LogP contribution in [0.4, 0.5) is 4.79 Å². The van der Waals surface area contributed by atoms with E-state index in [2.05, 4.69) is 19.2 Å². The third-order valence-electron chi connectivity index (χ3n) is 4.81. The number of nitrogens with one attached hydrogen (secondary N) is 1. The van der Waals surface area contributed by atoms with E-state index in [4.69, 9.17) is 0 Å². The van der Waals surface area contributed by atoms with Gasteiger partial charge in [-0.15, -0.1) is 0 Å². The molecule has 0 aromatic carbocycles. The molecule has 0 radical (unpaired) electrons. The molecule has 21 heavy (non-hydrogen) atoms. The number of urea groups is 1. The molecule has 120 valence electrons. The summed E-state index contributed by atoms with van der Waals surface area (Å²) in [5, 5.41) is 3.40. The minimum Gasteiger partial charge on any atom is -0.337 e. The van der Waals surface area contributed by atoms with E-state index in [0.29, 0.717) is 19.1 Å². The van der Waals surface area contributed by atoms with E-state index in [1.165, 1.54) is 0 Å². The second-order valence-corrected chi connectivity index (χ2v) is 6.45. The molecule has 0 bridgehead atoms. The molecule has 1 N–H and O–H groups in total. The lowest BCUT2D eigenvalue weighted by atomic mass is 9.93. The van der Waals surface area contributed by atoms with E-state index in [0.717, 1.165) is 25.9 Å². The van der Waals surface area contributed by atoms with Gasteiger partial charge in [0.25, 0.3) is 0 Å². The number of hydrogen-bond donors (Lipinski definition) is 1. The largest absolute Gasteiger partial charge is 0.337 e. The molecule has 2 fully saturated rings. The molecule has 0 saturated carbocycles. The van der Waals surface area contributed by atoms with Crippen molar-refractivity contribution in [2.24, 2.45) is 5.92 Å². The monoisotopic (exact) mass is 296 g/mol. The summed E-state index contributed by atoms with van der Waals surface area (Å²) < 4.78 is 0. The molecule has 0 aromatic rings. The minimum atomic E-state index is 0.0464. The highest BCUT2D eigenvalue weighted by molar-refractivity contribution is 5.80. The Morgan fingerprint density at radius 3 is 2.29 bits per heavy atom. The highest BCUT2D eigenvalue weighted by atomic mass is 16.2. The van der Waals surface area contributed by atoms with Crippen LogP contribution in [-0.2, 0) is 4.79 Å². The fraction of sp³-hybridized carbons (Fsp3) is 0.867. The third kappa shape index (κ3) is 3.48. The average Bonchev–Trinajstić information content (AvgIpc) is 2.48. The van der Waals surface area contributed by atoms with Crippen LogP contribution < -0.4 is 5.32 Å². The van der Waals surface area contributed by atoms with Gasteiger partial charge >= 0.3 is 6.03 Å². The molecular formula is C15H28N4O2. The van der Waals surface area contributed by atoms with Crippen LogP contribution in [0.1, 0.15) is 26.7 Å². The number of amides is 3. The molecule has 2 unspecified atom stereocenters. The van der Waals surface area contributed by atoms with Gasteiger partial charge < -0.3 is 20.0 Å². The lowest BCUT2D eigenvalue weighted by molar-refractivity contribution is -0.140. The molecule has 2 rings (SSSR count). The highest BCUT2D eigenvalue weighted by Crippen LogP contribution is 2.22. The zero-order chi connectivity index (χ0) is 15.6. The van der Waals surface area contributed by atoms with Gasteiger partial charge in [-0.3, -0.25) is 4.79 Å². The SMILES string of the molecule is CC1NCCN(C(=O)C2CCN(C(=O)N(C)C)CC2)C1C. The highest BCUT2D eigenvalue weighted by Gasteiger charge is 2.34. The van der Waals surface area contributed by atoms with Crippen molar-refractivity contribution in [1.82, 2.24) is 20.0 Å². The van der Waals surface area contributed by atoms with Gasteiger partial charge in [0, 0.05) is 58.3 Å². The zero-order valence-corrected chi connectivity index (χ0v) is 13.6. The minimum absolute atomic E-state index is 0.0464. The topological polar surface area (TPSA) is 55.9 Å². The maximum atomic E-state index is 12.7. The molecule has 0 aliphatic carbocycles. The Labute approximate surface area is 127 Å². The second kappa shape index (κ2) is 6.64. The molecule has 0 spiro atoms. The van der Waals surface area contributed by atoms with Crippen molar-refractivity contribution in [3.8, 4) is 0 Å². The van der Waals surface area contributed by atoms with E-state index in [-0.39, 0.29) is 23.9 Å². The van der Waals surface area contributed by atoms with Gasteiger partial charge in [-0.2, -0.15) is 0 Å². The Hall–Kier alpha value is -1.30. The molecule has 0 aromatic heterocycles. The number of rotatable bonds is 1. The van der Waals surface area contributed by atoms with Gasteiger partial charge in [0.15, 0.2) is 0 Å². The molecular weight excluding hydrogens is 268 g/mol. The van der Waals surface area contributed by atoms with Gasteiger partial charge in [-0.1, -0.05) is 0 Å². The van der Waals surface area contributed by atoms with Gasteiger partial charge in [-0.25, -0.2) is 4.79 Å². The Balaban J connectivity index is 1.90. The third-order valence-corrected chi connectivity index (χ3v) is 4.81. The summed E-state index contributed by atoms with van der Waals surface area (Å²) in [5.74, 6) is 0.344. The van der Waals surface area contributed by atoms with E-state index in [9.17, 15) is 9.59 Å². The lowest BCUT2D eigenvalue weighted by Gasteiger charge is -2.42. The molecule has 2 aliphatic rings. The van der Waals surface area contributed by atoms with Gasteiger partial charge in [0.2, 0.25) is 5.91 Å². The first kappa shape index (κ1) is 16.1. The van der Waals surface area contributed by atoms with Crippen molar-refractivity contribution >= 4 is 11.9 Å². The number of piperidine rings is 1. The maximum absolute atomic E-state index is 12.7. The Morgan fingerprint density at radius 2 is 1.71 bits per heavy atom. The van der Waals surface area contributed by atoms with Crippen LogP contribution in [-0.4, -0.2) is 79.0 Å². The predicted molar refractivity (Wildman–Crippen MR) is 82.0 cm³/mol. The van der Waals surface area contributed by atoms with Crippen LogP contribution in [0, 0.1) is 5.92 Å². The Kier molecular flexibility index (Phi) is 5.08. The Morgan fingerprint density at radius 1 is 1.10 bits per heavy atom. The smallest absolute Gasteiger partial charge is 0.319 e. The zero-order valence-electron chi connectivity index (χ0n) is 13.6. The van der Waals surface area contributed by atoms with Gasteiger partial charge in [0.1, 0.15) is 0 Å².